The molecule has 1 aromatic carbocycles. The molecule has 0 radical (unpaired) electrons. The maximum atomic E-state index is 11.8. The molecule has 5 nitrogen and oxygen atoms in total. The molecule has 0 saturated carbocycles. The lowest BCUT2D eigenvalue weighted by Crippen LogP contribution is -2.38. The molecule has 0 spiro atoms. The van der Waals surface area contributed by atoms with Gasteiger partial charge in [0.25, 0.3) is 5.56 Å². The third-order valence-electron chi connectivity index (χ3n) is 2.96. The van der Waals surface area contributed by atoms with Crippen LogP contribution >= 0.6 is 22.6 Å². The van der Waals surface area contributed by atoms with E-state index in [1.54, 1.807) is 7.05 Å². The highest BCUT2D eigenvalue weighted by Gasteiger charge is 2.06. The number of hydrogen-bond acceptors (Lipinski definition) is 3. The van der Waals surface area contributed by atoms with Gasteiger partial charge in [-0.05, 0) is 34.7 Å². The second-order valence-electron chi connectivity index (χ2n) is 4.21. The maximum Gasteiger partial charge on any atom is 0.330 e. The number of para-hydroxylation sites is 1. The summed E-state index contributed by atoms with van der Waals surface area (Å²) < 4.78 is 3.66. The van der Waals surface area contributed by atoms with Crippen LogP contribution in [0.25, 0.3) is 0 Å². The highest BCUT2D eigenvalue weighted by atomic mass is 127. The van der Waals surface area contributed by atoms with Crippen LogP contribution in [0.4, 0.5) is 5.69 Å². The van der Waals surface area contributed by atoms with E-state index in [9.17, 15) is 9.59 Å². The van der Waals surface area contributed by atoms with Crippen LogP contribution in [0.15, 0.2) is 39.9 Å². The van der Waals surface area contributed by atoms with E-state index in [1.165, 1.54) is 17.7 Å². The van der Waals surface area contributed by atoms with Crippen LogP contribution in [0.5, 0.6) is 0 Å². The van der Waals surface area contributed by atoms with Crippen LogP contribution in [0.1, 0.15) is 5.69 Å². The van der Waals surface area contributed by atoms with Gasteiger partial charge >= 0.3 is 5.69 Å². The minimum absolute atomic E-state index is 0.289. The molecule has 19 heavy (non-hydrogen) atoms. The first-order valence-electron chi connectivity index (χ1n) is 5.75. The predicted molar refractivity (Wildman–Crippen MR) is 83.4 cm³/mol. The van der Waals surface area contributed by atoms with E-state index < -0.39 is 0 Å². The van der Waals surface area contributed by atoms with Crippen LogP contribution < -0.4 is 16.6 Å². The van der Waals surface area contributed by atoms with Gasteiger partial charge in [-0.3, -0.25) is 13.9 Å². The number of hydrogen-bond donors (Lipinski definition) is 1. The molecular weight excluding hydrogens is 357 g/mol. The fraction of sp³-hybridized carbons (Fsp3) is 0.231. The molecule has 0 aliphatic carbocycles. The Morgan fingerprint density at radius 3 is 2.53 bits per heavy atom. The average Bonchev–Trinajstić information content (AvgIpc) is 2.40. The molecule has 0 saturated heterocycles. The van der Waals surface area contributed by atoms with Gasteiger partial charge in [-0.15, -0.1) is 0 Å². The van der Waals surface area contributed by atoms with Crippen molar-refractivity contribution in [2.45, 2.75) is 6.54 Å². The zero-order chi connectivity index (χ0) is 14.0. The van der Waals surface area contributed by atoms with Crippen molar-refractivity contribution >= 4 is 28.3 Å². The zero-order valence-corrected chi connectivity index (χ0v) is 12.8. The Morgan fingerprint density at radius 1 is 1.16 bits per heavy atom. The van der Waals surface area contributed by atoms with Crippen molar-refractivity contribution in [2.75, 3.05) is 5.32 Å². The SMILES string of the molecule is Cn1c(CNc2ccccc2I)cc(=O)n(C)c1=O. The summed E-state index contributed by atoms with van der Waals surface area (Å²) in [6, 6.07) is 9.32. The summed E-state index contributed by atoms with van der Waals surface area (Å²) in [5.41, 5.74) is 1.04. The number of nitrogens with one attached hydrogen (secondary N) is 1. The van der Waals surface area contributed by atoms with Crippen molar-refractivity contribution in [1.82, 2.24) is 9.13 Å². The number of rotatable bonds is 3. The normalized spacial score (nSPS) is 10.5. The quantitative estimate of drug-likeness (QED) is 0.828. The zero-order valence-electron chi connectivity index (χ0n) is 10.7. The molecule has 0 fully saturated rings. The molecule has 0 amide bonds. The van der Waals surface area contributed by atoms with E-state index in [4.69, 9.17) is 0 Å². The highest BCUT2D eigenvalue weighted by molar-refractivity contribution is 14.1. The molecule has 0 bridgehead atoms. The lowest BCUT2D eigenvalue weighted by molar-refractivity contribution is 0.655. The lowest BCUT2D eigenvalue weighted by Gasteiger charge is -2.12. The third-order valence-corrected chi connectivity index (χ3v) is 3.90. The largest absolute Gasteiger partial charge is 0.379 e. The van der Waals surface area contributed by atoms with Crippen LogP contribution in [-0.2, 0) is 20.6 Å². The number of aromatic nitrogens is 2. The van der Waals surface area contributed by atoms with Gasteiger partial charge in [0.2, 0.25) is 0 Å². The molecule has 0 unspecified atom stereocenters. The van der Waals surface area contributed by atoms with Crippen molar-refractivity contribution in [3.63, 3.8) is 0 Å². The number of benzene rings is 1. The molecule has 2 aromatic rings. The Balaban J connectivity index is 2.29. The summed E-state index contributed by atoms with van der Waals surface area (Å²) in [6.07, 6.45) is 0. The number of anilines is 1. The van der Waals surface area contributed by atoms with Gasteiger partial charge in [-0.2, -0.15) is 0 Å². The summed E-state index contributed by atoms with van der Waals surface area (Å²) in [6.45, 7) is 0.432. The second-order valence-corrected chi connectivity index (χ2v) is 5.37. The predicted octanol–water partition coefficient (Wildman–Crippen LogP) is 1.30. The van der Waals surface area contributed by atoms with Crippen LogP contribution in [0.2, 0.25) is 0 Å². The standard InChI is InChI=1S/C13H14IN3O2/c1-16-9(7-12(18)17(2)13(16)19)8-15-11-6-4-3-5-10(11)14/h3-7,15H,8H2,1-2H3. The average molecular weight is 371 g/mol. The Hall–Kier alpha value is -1.57. The Kier molecular flexibility index (Phi) is 4.08. The molecule has 1 N–H and O–H groups in total. The monoisotopic (exact) mass is 371 g/mol. The minimum atomic E-state index is -0.313. The Labute approximate surface area is 124 Å². The lowest BCUT2D eigenvalue weighted by atomic mass is 10.3. The first kappa shape index (κ1) is 13.9. The minimum Gasteiger partial charge on any atom is -0.379 e. The summed E-state index contributed by atoms with van der Waals surface area (Å²) in [5.74, 6) is 0. The van der Waals surface area contributed by atoms with Gasteiger partial charge in [0, 0.05) is 35.1 Å². The van der Waals surface area contributed by atoms with E-state index in [1.807, 2.05) is 24.3 Å². The Bertz CT molecular complexity index is 719. The first-order valence-corrected chi connectivity index (χ1v) is 6.83. The van der Waals surface area contributed by atoms with Gasteiger partial charge in [0.1, 0.15) is 0 Å². The topological polar surface area (TPSA) is 56.0 Å². The van der Waals surface area contributed by atoms with Crippen LogP contribution in [0, 0.1) is 3.57 Å². The highest BCUT2D eigenvalue weighted by Crippen LogP contribution is 2.17. The molecular formula is C13H14IN3O2. The Morgan fingerprint density at radius 2 is 1.84 bits per heavy atom. The number of halogens is 1. The number of nitrogens with zero attached hydrogens (tertiary/aromatic N) is 2. The van der Waals surface area contributed by atoms with Gasteiger partial charge in [0.15, 0.2) is 0 Å². The fourth-order valence-corrected chi connectivity index (χ4v) is 2.32. The van der Waals surface area contributed by atoms with E-state index in [0.717, 1.165) is 13.8 Å². The van der Waals surface area contributed by atoms with Crippen molar-refractivity contribution in [3.8, 4) is 0 Å². The smallest absolute Gasteiger partial charge is 0.330 e. The van der Waals surface area contributed by atoms with Gasteiger partial charge < -0.3 is 5.32 Å². The second kappa shape index (κ2) is 5.60. The van der Waals surface area contributed by atoms with Gasteiger partial charge in [0.05, 0.1) is 6.54 Å². The van der Waals surface area contributed by atoms with Crippen molar-refractivity contribution in [1.29, 1.82) is 0 Å². The summed E-state index contributed by atoms with van der Waals surface area (Å²) in [7, 11) is 3.14. The van der Waals surface area contributed by atoms with Gasteiger partial charge in [-0.25, -0.2) is 4.79 Å². The molecule has 2 rings (SSSR count). The van der Waals surface area contributed by atoms with E-state index >= 15 is 0 Å². The molecule has 0 atom stereocenters. The molecule has 1 heterocycles. The third kappa shape index (κ3) is 2.89. The molecule has 6 heteroatoms. The molecule has 100 valence electrons. The molecule has 0 aliphatic heterocycles. The van der Waals surface area contributed by atoms with E-state index in [2.05, 4.69) is 27.9 Å². The van der Waals surface area contributed by atoms with E-state index in [-0.39, 0.29) is 11.2 Å². The van der Waals surface area contributed by atoms with Crippen molar-refractivity contribution < 1.29 is 0 Å². The summed E-state index contributed by atoms with van der Waals surface area (Å²) in [4.78, 5) is 23.4. The van der Waals surface area contributed by atoms with Gasteiger partial charge in [-0.1, -0.05) is 12.1 Å². The van der Waals surface area contributed by atoms with E-state index in [0.29, 0.717) is 12.2 Å². The summed E-state index contributed by atoms with van der Waals surface area (Å²) >= 11 is 2.23. The fourth-order valence-electron chi connectivity index (χ4n) is 1.74. The van der Waals surface area contributed by atoms with Crippen LogP contribution in [-0.4, -0.2) is 9.13 Å². The van der Waals surface area contributed by atoms with Crippen molar-refractivity contribution in [3.05, 3.63) is 60.4 Å². The van der Waals surface area contributed by atoms with Crippen LogP contribution in [0.3, 0.4) is 0 Å². The first-order chi connectivity index (χ1) is 9.00. The maximum absolute atomic E-state index is 11.8. The summed E-state index contributed by atoms with van der Waals surface area (Å²) in [5, 5.41) is 3.23. The molecule has 0 aliphatic rings. The molecule has 1 aromatic heterocycles. The van der Waals surface area contributed by atoms with Crippen molar-refractivity contribution in [2.24, 2.45) is 14.1 Å².